The van der Waals surface area contributed by atoms with Gasteiger partial charge in [-0.15, -0.1) is 0 Å². The molecule has 0 saturated heterocycles. The summed E-state index contributed by atoms with van der Waals surface area (Å²) in [6.45, 7) is 0.282. The van der Waals surface area contributed by atoms with Crippen LogP contribution in [0.1, 0.15) is 15.9 Å². The Bertz CT molecular complexity index is 675. The second-order valence-electron chi connectivity index (χ2n) is 4.40. The first kappa shape index (κ1) is 14.9. The number of hydrogen-bond acceptors (Lipinski definition) is 3. The van der Waals surface area contributed by atoms with E-state index >= 15 is 0 Å². The fourth-order valence-corrected chi connectivity index (χ4v) is 1.89. The van der Waals surface area contributed by atoms with Gasteiger partial charge in [0.25, 0.3) is 5.91 Å². The highest BCUT2D eigenvalue weighted by molar-refractivity contribution is 6.05. The highest BCUT2D eigenvalue weighted by Gasteiger charge is 2.17. The Morgan fingerprint density at radius 2 is 2.00 bits per heavy atom. The number of para-hydroxylation sites is 1. The number of nitrogens with one attached hydrogen (secondary N) is 1. The quantitative estimate of drug-likeness (QED) is 0.852. The smallest absolute Gasteiger partial charge is 0.258 e. The number of halogens is 2. The Hall–Kier alpha value is -2.47. The van der Waals surface area contributed by atoms with E-state index in [2.05, 4.69) is 5.32 Å². The molecule has 0 atom stereocenters. The SMILES string of the molecule is COCc1ccccc1NC(=O)c1cc(F)cc(N)c1F. The summed E-state index contributed by atoms with van der Waals surface area (Å²) in [4.78, 5) is 12.1. The van der Waals surface area contributed by atoms with E-state index in [1.54, 1.807) is 24.3 Å². The van der Waals surface area contributed by atoms with E-state index in [4.69, 9.17) is 10.5 Å². The molecule has 4 nitrogen and oxygen atoms in total. The van der Waals surface area contributed by atoms with Gasteiger partial charge >= 0.3 is 0 Å². The van der Waals surface area contributed by atoms with Crippen LogP contribution in [0.5, 0.6) is 0 Å². The fourth-order valence-electron chi connectivity index (χ4n) is 1.89. The molecule has 1 amide bonds. The van der Waals surface area contributed by atoms with Crippen LogP contribution < -0.4 is 11.1 Å². The normalized spacial score (nSPS) is 10.4. The second kappa shape index (κ2) is 6.32. The Morgan fingerprint density at radius 3 is 2.71 bits per heavy atom. The Labute approximate surface area is 120 Å². The summed E-state index contributed by atoms with van der Waals surface area (Å²) in [5, 5.41) is 2.53. The maximum atomic E-state index is 13.8. The molecule has 0 unspecified atom stereocenters. The predicted molar refractivity (Wildman–Crippen MR) is 75.9 cm³/mol. The minimum atomic E-state index is -0.946. The van der Waals surface area contributed by atoms with E-state index < -0.39 is 28.8 Å². The summed E-state index contributed by atoms with van der Waals surface area (Å²) in [5.41, 5.74) is 5.64. The zero-order valence-electron chi connectivity index (χ0n) is 11.3. The summed E-state index contributed by atoms with van der Waals surface area (Å²) < 4.78 is 32.1. The molecule has 0 aliphatic heterocycles. The van der Waals surface area contributed by atoms with Crippen molar-refractivity contribution in [1.29, 1.82) is 0 Å². The third-order valence-electron chi connectivity index (χ3n) is 2.88. The van der Waals surface area contributed by atoms with Crippen molar-refractivity contribution in [1.82, 2.24) is 0 Å². The number of carbonyl (C=O) groups excluding carboxylic acids is 1. The number of nitrogens with two attached hydrogens (primary N) is 1. The van der Waals surface area contributed by atoms with Gasteiger partial charge in [-0.2, -0.15) is 0 Å². The lowest BCUT2D eigenvalue weighted by molar-refractivity contribution is 0.102. The van der Waals surface area contributed by atoms with Crippen molar-refractivity contribution in [3.05, 3.63) is 59.2 Å². The molecule has 2 aromatic carbocycles. The maximum Gasteiger partial charge on any atom is 0.258 e. The van der Waals surface area contributed by atoms with Gasteiger partial charge in [0.2, 0.25) is 0 Å². The minimum absolute atomic E-state index is 0.282. The van der Waals surface area contributed by atoms with Crippen LogP contribution in [-0.4, -0.2) is 13.0 Å². The Morgan fingerprint density at radius 1 is 1.29 bits per heavy atom. The third kappa shape index (κ3) is 3.35. The lowest BCUT2D eigenvalue weighted by Gasteiger charge is -2.11. The van der Waals surface area contributed by atoms with Crippen LogP contribution in [0, 0.1) is 11.6 Å². The zero-order chi connectivity index (χ0) is 15.4. The van der Waals surface area contributed by atoms with E-state index in [-0.39, 0.29) is 6.61 Å². The molecular weight excluding hydrogens is 278 g/mol. The molecule has 21 heavy (non-hydrogen) atoms. The average Bonchev–Trinajstić information content (AvgIpc) is 2.45. The molecule has 0 fully saturated rings. The van der Waals surface area contributed by atoms with Crippen LogP contribution in [0.25, 0.3) is 0 Å². The summed E-state index contributed by atoms with van der Waals surface area (Å²) in [6, 6.07) is 8.53. The van der Waals surface area contributed by atoms with Crippen molar-refractivity contribution >= 4 is 17.3 Å². The van der Waals surface area contributed by atoms with Crippen molar-refractivity contribution in [2.45, 2.75) is 6.61 Å². The topological polar surface area (TPSA) is 64.3 Å². The number of nitrogen functional groups attached to an aromatic ring is 1. The number of amides is 1. The van der Waals surface area contributed by atoms with Gasteiger partial charge in [-0.25, -0.2) is 8.78 Å². The van der Waals surface area contributed by atoms with Crippen molar-refractivity contribution in [3.8, 4) is 0 Å². The van der Waals surface area contributed by atoms with Crippen molar-refractivity contribution in [2.24, 2.45) is 0 Å². The van der Waals surface area contributed by atoms with Gasteiger partial charge in [-0.05, 0) is 18.2 Å². The second-order valence-corrected chi connectivity index (χ2v) is 4.40. The molecule has 0 radical (unpaired) electrons. The monoisotopic (exact) mass is 292 g/mol. The Kier molecular flexibility index (Phi) is 4.49. The summed E-state index contributed by atoms with van der Waals surface area (Å²) in [7, 11) is 1.52. The standard InChI is InChI=1S/C15H14F2N2O2/c1-21-8-9-4-2-3-5-13(9)19-15(20)11-6-10(16)7-12(18)14(11)17/h2-7H,8,18H2,1H3,(H,19,20). The zero-order valence-corrected chi connectivity index (χ0v) is 11.3. The highest BCUT2D eigenvalue weighted by Crippen LogP contribution is 2.21. The molecule has 0 bridgehead atoms. The van der Waals surface area contributed by atoms with Gasteiger partial charge in [-0.1, -0.05) is 18.2 Å². The van der Waals surface area contributed by atoms with E-state index in [1.807, 2.05) is 0 Å². The van der Waals surface area contributed by atoms with E-state index in [0.29, 0.717) is 5.69 Å². The van der Waals surface area contributed by atoms with E-state index in [9.17, 15) is 13.6 Å². The molecule has 110 valence electrons. The molecule has 2 rings (SSSR count). The number of methoxy groups -OCH3 is 1. The Balaban J connectivity index is 2.31. The van der Waals surface area contributed by atoms with Gasteiger partial charge in [0.05, 0.1) is 17.9 Å². The molecule has 0 heterocycles. The molecule has 0 aromatic heterocycles. The number of hydrogen-bond donors (Lipinski definition) is 2. The minimum Gasteiger partial charge on any atom is -0.396 e. The van der Waals surface area contributed by atoms with Gasteiger partial charge < -0.3 is 15.8 Å². The van der Waals surface area contributed by atoms with Crippen LogP contribution >= 0.6 is 0 Å². The van der Waals surface area contributed by atoms with Gasteiger partial charge in [0, 0.05) is 18.4 Å². The molecule has 0 saturated carbocycles. The van der Waals surface area contributed by atoms with Crippen molar-refractivity contribution in [2.75, 3.05) is 18.2 Å². The predicted octanol–water partition coefficient (Wildman–Crippen LogP) is 2.95. The number of ether oxygens (including phenoxy) is 1. The number of anilines is 2. The van der Waals surface area contributed by atoms with Gasteiger partial charge in [-0.3, -0.25) is 4.79 Å². The fraction of sp³-hybridized carbons (Fsp3) is 0.133. The van der Waals surface area contributed by atoms with Crippen LogP contribution in [0.4, 0.5) is 20.2 Å². The molecular formula is C15H14F2N2O2. The summed E-state index contributed by atoms with van der Waals surface area (Å²) in [5.74, 6) is -2.50. The molecule has 6 heteroatoms. The largest absolute Gasteiger partial charge is 0.396 e. The van der Waals surface area contributed by atoms with Gasteiger partial charge in [0.15, 0.2) is 5.82 Å². The summed E-state index contributed by atoms with van der Waals surface area (Å²) in [6.07, 6.45) is 0. The van der Waals surface area contributed by atoms with Crippen molar-refractivity contribution in [3.63, 3.8) is 0 Å². The van der Waals surface area contributed by atoms with Crippen LogP contribution in [0.2, 0.25) is 0 Å². The van der Waals surface area contributed by atoms with Crippen LogP contribution in [-0.2, 0) is 11.3 Å². The van der Waals surface area contributed by atoms with E-state index in [1.165, 1.54) is 7.11 Å². The van der Waals surface area contributed by atoms with Crippen molar-refractivity contribution < 1.29 is 18.3 Å². The summed E-state index contributed by atoms with van der Waals surface area (Å²) >= 11 is 0. The molecule has 3 N–H and O–H groups in total. The molecule has 0 spiro atoms. The first-order valence-electron chi connectivity index (χ1n) is 6.15. The lowest BCUT2D eigenvalue weighted by Crippen LogP contribution is -2.16. The molecule has 2 aromatic rings. The third-order valence-corrected chi connectivity index (χ3v) is 2.88. The number of rotatable bonds is 4. The number of carbonyl (C=O) groups is 1. The first-order chi connectivity index (χ1) is 10.0. The van der Waals surface area contributed by atoms with Crippen LogP contribution in [0.15, 0.2) is 36.4 Å². The van der Waals surface area contributed by atoms with Gasteiger partial charge in [0.1, 0.15) is 5.82 Å². The average molecular weight is 292 g/mol. The first-order valence-corrected chi connectivity index (χ1v) is 6.15. The molecule has 0 aliphatic rings. The van der Waals surface area contributed by atoms with Crippen LogP contribution in [0.3, 0.4) is 0 Å². The van der Waals surface area contributed by atoms with E-state index in [0.717, 1.165) is 17.7 Å². The number of benzene rings is 2. The highest BCUT2D eigenvalue weighted by atomic mass is 19.1. The molecule has 0 aliphatic carbocycles. The maximum absolute atomic E-state index is 13.8. The lowest BCUT2D eigenvalue weighted by atomic mass is 10.1.